The molecule has 5 rings (SSSR count). The van der Waals surface area contributed by atoms with Gasteiger partial charge >= 0.3 is 51.4 Å². The van der Waals surface area contributed by atoms with Crippen LogP contribution in [0.25, 0.3) is 10.8 Å². The number of Topliss-reactive ketones (excluding diaryl/α,β-unsaturated/α-hetero) is 2. The number of methoxy groups -OCH3 is 1. The molecule has 40 heavy (non-hydrogen) atoms. The second-order valence-corrected chi connectivity index (χ2v) is 9.62. The van der Waals surface area contributed by atoms with Crippen LogP contribution in [0.1, 0.15) is 47.8 Å². The van der Waals surface area contributed by atoms with Gasteiger partial charge in [-0.1, -0.05) is 36.9 Å². The maximum absolute atomic E-state index is 14.7. The second kappa shape index (κ2) is 11.1. The predicted molar refractivity (Wildman–Crippen MR) is 138 cm³/mol. The number of hydrogen-bond acceptors (Lipinski definition) is 7. The standard InChI is InChI=1S/C30H26FNO7.K/c1-5-15-10-19(31)17-9-7-6-8-16(17)18(15)13-32-29(37)25-22(38-4)11-21(35)26-27(25)39-23-12-20(34)24(14(2)33)28(36)30(23,26)3;/h6-12,34-35H,5,13H2,1-4H3,(H,32,37);/q;+1/p-1/t30-;/m1./s1. The van der Waals surface area contributed by atoms with Crippen LogP contribution in [0.5, 0.6) is 17.2 Å². The molecule has 0 fully saturated rings. The number of halogens is 1. The molecule has 200 valence electrons. The molecule has 3 aromatic rings. The van der Waals surface area contributed by atoms with Crippen molar-refractivity contribution in [2.45, 2.75) is 39.2 Å². The van der Waals surface area contributed by atoms with Crippen molar-refractivity contribution in [2.75, 3.05) is 7.11 Å². The molecule has 8 nitrogen and oxygen atoms in total. The third-order valence-corrected chi connectivity index (χ3v) is 7.42. The Morgan fingerprint density at radius 2 is 1.88 bits per heavy atom. The van der Waals surface area contributed by atoms with E-state index in [2.05, 4.69) is 5.32 Å². The number of nitrogens with one attached hydrogen (secondary N) is 1. The number of allylic oxidation sites excluding steroid dienone is 3. The van der Waals surface area contributed by atoms with Gasteiger partial charge in [-0.05, 0) is 48.9 Å². The van der Waals surface area contributed by atoms with Crippen LogP contribution in [0.4, 0.5) is 4.39 Å². The fourth-order valence-corrected chi connectivity index (χ4v) is 5.43. The molecule has 1 aliphatic heterocycles. The minimum absolute atomic E-state index is 0. The molecule has 1 atom stereocenters. The first-order valence-corrected chi connectivity index (χ1v) is 12.3. The SMILES string of the molecule is CCc1cc(F)c2ccccc2c1CNC(=O)c1c(OC)cc(O)c2c1OC1=CC([O-])=C(C(C)=O)C(=O)[C@]12C.[K+]. The molecule has 0 saturated carbocycles. The summed E-state index contributed by atoms with van der Waals surface area (Å²) in [5.74, 6) is -4.01. The van der Waals surface area contributed by atoms with E-state index in [4.69, 9.17) is 9.47 Å². The number of benzene rings is 3. The zero-order valence-corrected chi connectivity index (χ0v) is 25.9. The largest absolute Gasteiger partial charge is 1.00 e. The van der Waals surface area contributed by atoms with Crippen LogP contribution in [0.2, 0.25) is 0 Å². The van der Waals surface area contributed by atoms with Crippen molar-refractivity contribution in [2.24, 2.45) is 0 Å². The van der Waals surface area contributed by atoms with Gasteiger partial charge in [-0.15, -0.1) is 0 Å². The van der Waals surface area contributed by atoms with Crippen LogP contribution in [-0.4, -0.2) is 29.7 Å². The fourth-order valence-electron chi connectivity index (χ4n) is 5.43. The van der Waals surface area contributed by atoms with E-state index in [9.17, 15) is 29.0 Å². The van der Waals surface area contributed by atoms with E-state index in [1.807, 2.05) is 6.92 Å². The molecule has 0 bridgehead atoms. The van der Waals surface area contributed by atoms with Crippen LogP contribution in [0.3, 0.4) is 0 Å². The summed E-state index contributed by atoms with van der Waals surface area (Å²) in [6, 6.07) is 9.61. The average Bonchev–Trinajstić information content (AvgIpc) is 3.20. The summed E-state index contributed by atoms with van der Waals surface area (Å²) in [6.45, 7) is 4.47. The molecule has 1 heterocycles. The van der Waals surface area contributed by atoms with E-state index < -0.39 is 40.0 Å². The van der Waals surface area contributed by atoms with E-state index in [-0.39, 0.29) is 92.1 Å². The first-order chi connectivity index (χ1) is 18.5. The molecule has 1 aliphatic carbocycles. The number of phenols is 1. The number of fused-ring (bicyclic) bond motifs is 4. The average molecular weight is 570 g/mol. The Kier molecular flexibility index (Phi) is 8.31. The van der Waals surface area contributed by atoms with Gasteiger partial charge in [-0.2, -0.15) is 0 Å². The summed E-state index contributed by atoms with van der Waals surface area (Å²) in [7, 11) is 1.31. The molecule has 2 N–H and O–H groups in total. The molecule has 10 heteroatoms. The molecule has 2 aliphatic rings. The van der Waals surface area contributed by atoms with Gasteiger partial charge in [-0.3, -0.25) is 14.4 Å². The van der Waals surface area contributed by atoms with Crippen molar-refractivity contribution in [1.29, 1.82) is 0 Å². The first kappa shape index (κ1) is 29.9. The van der Waals surface area contributed by atoms with Crippen LogP contribution < -0.4 is 71.3 Å². The number of ether oxygens (including phenoxy) is 2. The van der Waals surface area contributed by atoms with Gasteiger partial charge in [0.1, 0.15) is 34.1 Å². The number of phenolic OH excluding ortho intramolecular Hbond substituents is 1. The number of hydrogen-bond donors (Lipinski definition) is 2. The molecule has 0 unspecified atom stereocenters. The first-order valence-electron chi connectivity index (χ1n) is 12.3. The zero-order chi connectivity index (χ0) is 28.2. The summed E-state index contributed by atoms with van der Waals surface area (Å²) >= 11 is 0. The van der Waals surface area contributed by atoms with Gasteiger partial charge < -0.3 is 25.0 Å². The van der Waals surface area contributed by atoms with Crippen LogP contribution in [0, 0.1) is 5.82 Å². The van der Waals surface area contributed by atoms with Gasteiger partial charge in [0.15, 0.2) is 17.3 Å². The quantitative estimate of drug-likeness (QED) is 0.327. The number of carbonyl (C=O) groups is 3. The Bertz CT molecular complexity index is 1680. The Labute approximate surface area is 272 Å². The summed E-state index contributed by atoms with van der Waals surface area (Å²) in [6.07, 6.45) is 1.57. The van der Waals surface area contributed by atoms with Crippen molar-refractivity contribution in [3.8, 4) is 17.2 Å². The summed E-state index contributed by atoms with van der Waals surface area (Å²) < 4.78 is 25.9. The van der Waals surface area contributed by atoms with Crippen LogP contribution in [0.15, 0.2) is 59.6 Å². The van der Waals surface area contributed by atoms with E-state index in [1.165, 1.54) is 26.2 Å². The minimum Gasteiger partial charge on any atom is -0.872 e. The number of ketones is 2. The third-order valence-electron chi connectivity index (χ3n) is 7.42. The summed E-state index contributed by atoms with van der Waals surface area (Å²) in [4.78, 5) is 39.1. The van der Waals surface area contributed by atoms with Crippen molar-refractivity contribution >= 4 is 28.2 Å². The van der Waals surface area contributed by atoms with Gasteiger partial charge in [0, 0.05) is 18.0 Å². The molecule has 3 aromatic carbocycles. The van der Waals surface area contributed by atoms with Crippen molar-refractivity contribution in [3.63, 3.8) is 0 Å². The van der Waals surface area contributed by atoms with E-state index in [0.717, 1.165) is 24.1 Å². The van der Waals surface area contributed by atoms with Gasteiger partial charge in [0.05, 0.1) is 18.2 Å². The normalized spacial score (nSPS) is 17.4. The van der Waals surface area contributed by atoms with E-state index in [1.54, 1.807) is 24.3 Å². The summed E-state index contributed by atoms with van der Waals surface area (Å²) in [5, 5.41) is 27.3. The van der Waals surface area contributed by atoms with Gasteiger partial charge in [0.25, 0.3) is 5.91 Å². The fraction of sp³-hybridized carbons (Fsp3) is 0.233. The maximum atomic E-state index is 14.7. The molecule has 0 aromatic heterocycles. The number of aromatic hydroxyl groups is 1. The Balaban J connectivity index is 0.00000370. The molecular formula is C30H25FKNO7. The van der Waals surface area contributed by atoms with Crippen LogP contribution >= 0.6 is 0 Å². The number of aryl methyl sites for hydroxylation is 1. The molecular weight excluding hydrogens is 544 g/mol. The third kappa shape index (κ3) is 4.48. The smallest absolute Gasteiger partial charge is 0.872 e. The minimum atomic E-state index is -1.70. The molecule has 0 spiro atoms. The predicted octanol–water partition coefficient (Wildman–Crippen LogP) is 0.510. The van der Waals surface area contributed by atoms with Gasteiger partial charge in [-0.25, -0.2) is 4.39 Å². The van der Waals surface area contributed by atoms with E-state index >= 15 is 0 Å². The molecule has 0 saturated heterocycles. The monoisotopic (exact) mass is 569 g/mol. The number of rotatable bonds is 6. The zero-order valence-electron chi connectivity index (χ0n) is 22.7. The van der Waals surface area contributed by atoms with Crippen molar-refractivity contribution in [3.05, 3.63) is 87.6 Å². The Morgan fingerprint density at radius 1 is 1.20 bits per heavy atom. The Morgan fingerprint density at radius 3 is 2.50 bits per heavy atom. The topological polar surface area (TPSA) is 125 Å². The molecule has 0 radical (unpaired) electrons. The van der Waals surface area contributed by atoms with Gasteiger partial charge in [0.2, 0.25) is 0 Å². The summed E-state index contributed by atoms with van der Waals surface area (Å²) in [5.41, 5.74) is -0.908. The van der Waals surface area contributed by atoms with E-state index in [0.29, 0.717) is 17.2 Å². The number of amides is 1. The van der Waals surface area contributed by atoms with Crippen molar-refractivity contribution < 1.29 is 89.8 Å². The maximum Gasteiger partial charge on any atom is 1.00 e. The van der Waals surface area contributed by atoms with Crippen LogP contribution in [-0.2, 0) is 28.0 Å². The molecule has 1 amide bonds. The Hall–Kier alpha value is -3.02. The second-order valence-electron chi connectivity index (χ2n) is 9.62. The number of carbonyl (C=O) groups excluding carboxylic acids is 3. The van der Waals surface area contributed by atoms with Crippen molar-refractivity contribution in [1.82, 2.24) is 5.32 Å².